The molecule has 1 unspecified atom stereocenters. The van der Waals surface area contributed by atoms with E-state index in [4.69, 9.17) is 4.74 Å². The quantitative estimate of drug-likeness (QED) is 0.826. The van der Waals surface area contributed by atoms with E-state index in [1.54, 1.807) is 28.6 Å². The molecule has 0 N–H and O–H groups in total. The third kappa shape index (κ3) is 2.46. The van der Waals surface area contributed by atoms with Crippen molar-refractivity contribution < 1.29 is 13.2 Å². The van der Waals surface area contributed by atoms with E-state index in [0.29, 0.717) is 18.0 Å². The number of nitrogens with zero attached hydrogens (tertiary/aromatic N) is 1. The normalized spacial score (nSPS) is 28.3. The van der Waals surface area contributed by atoms with Crippen molar-refractivity contribution in [1.82, 2.24) is 4.31 Å². The average Bonchev–Trinajstić information content (AvgIpc) is 2.87. The highest BCUT2D eigenvalue weighted by atomic mass is 79.9. The molecule has 1 aliphatic carbocycles. The first-order valence-corrected chi connectivity index (χ1v) is 8.71. The van der Waals surface area contributed by atoms with Crippen molar-refractivity contribution in [2.75, 3.05) is 13.2 Å². The Hall–Kier alpha value is -0.430. The molecule has 0 spiro atoms. The Morgan fingerprint density at radius 1 is 1.21 bits per heavy atom. The van der Waals surface area contributed by atoms with Crippen LogP contribution < -0.4 is 0 Å². The summed E-state index contributed by atoms with van der Waals surface area (Å²) < 4.78 is 33.6. The summed E-state index contributed by atoms with van der Waals surface area (Å²) in [4.78, 5) is 0.364. The number of ether oxygens (including phenoxy) is 1. The number of halogens is 1. The van der Waals surface area contributed by atoms with Crippen LogP contribution in [0.15, 0.2) is 33.6 Å². The van der Waals surface area contributed by atoms with Crippen molar-refractivity contribution in [2.24, 2.45) is 0 Å². The summed E-state index contributed by atoms with van der Waals surface area (Å²) >= 11 is 3.32. The molecule has 19 heavy (non-hydrogen) atoms. The van der Waals surface area contributed by atoms with Crippen LogP contribution in [-0.2, 0) is 14.8 Å². The van der Waals surface area contributed by atoms with Crippen LogP contribution in [0.25, 0.3) is 0 Å². The van der Waals surface area contributed by atoms with E-state index in [1.165, 1.54) is 0 Å². The number of sulfonamides is 1. The fourth-order valence-corrected chi connectivity index (χ4v) is 4.86. The molecule has 4 nitrogen and oxygen atoms in total. The van der Waals surface area contributed by atoms with Gasteiger partial charge in [0.2, 0.25) is 10.0 Å². The predicted octanol–water partition coefficient (Wildman–Crippen LogP) is 2.39. The van der Waals surface area contributed by atoms with Crippen molar-refractivity contribution in [1.29, 1.82) is 0 Å². The predicted molar refractivity (Wildman–Crippen MR) is 75.4 cm³/mol. The summed E-state index contributed by atoms with van der Waals surface area (Å²) in [6.45, 7) is 0.955. The van der Waals surface area contributed by atoms with E-state index in [2.05, 4.69) is 15.9 Å². The van der Waals surface area contributed by atoms with Gasteiger partial charge >= 0.3 is 0 Å². The number of hydrogen-bond acceptors (Lipinski definition) is 3. The third-order valence-corrected chi connectivity index (χ3v) is 6.32. The highest BCUT2D eigenvalue weighted by molar-refractivity contribution is 9.10. The van der Waals surface area contributed by atoms with Crippen LogP contribution in [-0.4, -0.2) is 38.0 Å². The van der Waals surface area contributed by atoms with Gasteiger partial charge in [-0.15, -0.1) is 0 Å². The Labute approximate surface area is 121 Å². The van der Waals surface area contributed by atoms with Gasteiger partial charge in [-0.2, -0.15) is 4.31 Å². The molecular weight excluding hydrogens is 330 g/mol. The van der Waals surface area contributed by atoms with Crippen LogP contribution in [0.5, 0.6) is 0 Å². The fourth-order valence-electron chi connectivity index (χ4n) is 2.93. The lowest BCUT2D eigenvalue weighted by atomic mass is 10.2. The molecule has 0 radical (unpaired) electrons. The van der Waals surface area contributed by atoms with Gasteiger partial charge in [0, 0.05) is 11.0 Å². The molecule has 0 amide bonds. The minimum atomic E-state index is -3.40. The van der Waals surface area contributed by atoms with Crippen LogP contribution in [0.1, 0.15) is 19.3 Å². The second-order valence-electron chi connectivity index (χ2n) is 4.98. The smallest absolute Gasteiger partial charge is 0.243 e. The second kappa shape index (κ2) is 5.16. The maximum absolute atomic E-state index is 12.7. The monoisotopic (exact) mass is 345 g/mol. The van der Waals surface area contributed by atoms with Gasteiger partial charge in [-0.05, 0) is 43.5 Å². The Bertz CT molecular complexity index is 558. The van der Waals surface area contributed by atoms with E-state index in [0.717, 1.165) is 23.7 Å². The van der Waals surface area contributed by atoms with Gasteiger partial charge in [0.25, 0.3) is 0 Å². The highest BCUT2D eigenvalue weighted by Crippen LogP contribution is 2.33. The zero-order valence-electron chi connectivity index (χ0n) is 10.5. The summed E-state index contributed by atoms with van der Waals surface area (Å²) in [6.07, 6.45) is 3.00. The van der Waals surface area contributed by atoms with E-state index in [1.807, 2.05) is 0 Å². The summed E-state index contributed by atoms with van der Waals surface area (Å²) in [7, 11) is -3.40. The highest BCUT2D eigenvalue weighted by Gasteiger charge is 2.42. The summed E-state index contributed by atoms with van der Waals surface area (Å²) in [5.74, 6) is 0. The van der Waals surface area contributed by atoms with Crippen molar-refractivity contribution in [2.45, 2.75) is 36.3 Å². The fraction of sp³-hybridized carbons (Fsp3) is 0.538. The van der Waals surface area contributed by atoms with Gasteiger partial charge in [0.05, 0.1) is 23.6 Å². The molecule has 1 aromatic carbocycles. The topological polar surface area (TPSA) is 46.6 Å². The lowest BCUT2D eigenvalue weighted by molar-refractivity contribution is -0.0241. The van der Waals surface area contributed by atoms with Gasteiger partial charge in [-0.3, -0.25) is 0 Å². The first-order valence-electron chi connectivity index (χ1n) is 6.48. The van der Waals surface area contributed by atoms with Crippen LogP contribution in [0, 0.1) is 0 Å². The number of morpholine rings is 1. The molecule has 2 fully saturated rings. The summed E-state index contributed by atoms with van der Waals surface area (Å²) in [6, 6.07) is 6.85. The van der Waals surface area contributed by atoms with Crippen LogP contribution in [0.3, 0.4) is 0 Å². The van der Waals surface area contributed by atoms with Crippen molar-refractivity contribution in [3.05, 3.63) is 28.7 Å². The van der Waals surface area contributed by atoms with Crippen molar-refractivity contribution in [3.8, 4) is 0 Å². The molecule has 1 aliphatic heterocycles. The lowest BCUT2D eigenvalue weighted by Gasteiger charge is -2.36. The molecule has 1 heterocycles. The molecule has 0 aromatic heterocycles. The summed E-state index contributed by atoms with van der Waals surface area (Å²) in [5, 5.41) is 0. The largest absolute Gasteiger partial charge is 0.375 e. The molecular formula is C13H16BrNO3S. The average molecular weight is 346 g/mol. The molecule has 3 rings (SSSR count). The van der Waals surface area contributed by atoms with Crippen molar-refractivity contribution in [3.63, 3.8) is 0 Å². The van der Waals surface area contributed by atoms with Crippen LogP contribution >= 0.6 is 15.9 Å². The zero-order chi connectivity index (χ0) is 13.5. The van der Waals surface area contributed by atoms with Gasteiger partial charge in [0.15, 0.2) is 0 Å². The summed E-state index contributed by atoms with van der Waals surface area (Å²) in [5.41, 5.74) is 0. The standard InChI is InChI=1S/C13H16BrNO3S/c14-10-4-6-11(7-5-10)19(16,17)15-8-9-18-13-3-1-2-12(13)15/h4-7,12-13H,1-3,8-9H2/t12?,13-/m0/s1. The number of hydrogen-bond donors (Lipinski definition) is 0. The Kier molecular flexibility index (Phi) is 3.68. The minimum Gasteiger partial charge on any atom is -0.375 e. The lowest BCUT2D eigenvalue weighted by Crippen LogP contribution is -2.51. The van der Waals surface area contributed by atoms with Crippen LogP contribution in [0.2, 0.25) is 0 Å². The van der Waals surface area contributed by atoms with E-state index < -0.39 is 10.0 Å². The first kappa shape index (κ1) is 13.5. The molecule has 1 saturated carbocycles. The number of benzene rings is 1. The molecule has 6 heteroatoms. The molecule has 2 aliphatic rings. The van der Waals surface area contributed by atoms with Gasteiger partial charge < -0.3 is 4.74 Å². The van der Waals surface area contributed by atoms with E-state index >= 15 is 0 Å². The molecule has 0 bridgehead atoms. The maximum atomic E-state index is 12.7. The van der Waals surface area contributed by atoms with Gasteiger partial charge in [-0.1, -0.05) is 15.9 Å². The number of rotatable bonds is 2. The van der Waals surface area contributed by atoms with Gasteiger partial charge in [0.1, 0.15) is 0 Å². The molecule has 1 aromatic rings. The Morgan fingerprint density at radius 2 is 1.95 bits per heavy atom. The first-order chi connectivity index (χ1) is 9.09. The minimum absolute atomic E-state index is 0.0161. The SMILES string of the molecule is O=S(=O)(c1ccc(Br)cc1)N1CCO[C@H]2CCCC21. The van der Waals surface area contributed by atoms with Crippen LogP contribution in [0.4, 0.5) is 0 Å². The number of fused-ring (bicyclic) bond motifs is 1. The molecule has 1 saturated heterocycles. The third-order valence-electron chi connectivity index (χ3n) is 3.85. The Balaban J connectivity index is 1.93. The van der Waals surface area contributed by atoms with E-state index in [9.17, 15) is 8.42 Å². The second-order valence-corrected chi connectivity index (χ2v) is 7.78. The molecule has 2 atom stereocenters. The zero-order valence-corrected chi connectivity index (χ0v) is 12.9. The van der Waals surface area contributed by atoms with Crippen molar-refractivity contribution >= 4 is 26.0 Å². The Morgan fingerprint density at radius 3 is 2.68 bits per heavy atom. The van der Waals surface area contributed by atoms with Gasteiger partial charge in [-0.25, -0.2) is 8.42 Å². The van der Waals surface area contributed by atoms with E-state index in [-0.39, 0.29) is 12.1 Å². The molecule has 104 valence electrons. The maximum Gasteiger partial charge on any atom is 0.243 e.